The molecule has 0 unspecified atom stereocenters. The number of aryl methyl sites for hydroxylation is 1. The quantitative estimate of drug-likeness (QED) is 0.719. The van der Waals surface area contributed by atoms with E-state index in [2.05, 4.69) is 70.7 Å². The van der Waals surface area contributed by atoms with Gasteiger partial charge in [0.15, 0.2) is 0 Å². The van der Waals surface area contributed by atoms with Crippen molar-refractivity contribution in [2.75, 3.05) is 26.2 Å². The van der Waals surface area contributed by atoms with Gasteiger partial charge < -0.3 is 15.2 Å². The minimum absolute atomic E-state index is 0.983. The molecule has 0 aliphatic carbocycles. The number of hydrogen-bond acceptors (Lipinski definition) is 2. The Morgan fingerprint density at radius 2 is 1.30 bits per heavy atom. The summed E-state index contributed by atoms with van der Waals surface area (Å²) in [6, 6.07) is 14.1. The molecule has 3 nitrogen and oxygen atoms in total. The molecule has 138 valence electrons. The predicted octanol–water partition coefficient (Wildman–Crippen LogP) is 4.57. The van der Waals surface area contributed by atoms with Crippen LogP contribution in [0.15, 0.2) is 48.6 Å². The number of nitrogens with zero attached hydrogens (tertiary/aromatic N) is 1. The third-order valence-corrected chi connectivity index (χ3v) is 6.05. The fraction of sp³-hybridized carbons (Fsp3) is 0.333. The average Bonchev–Trinajstić information content (AvgIpc) is 3.07. The normalized spacial score (nSPS) is 18.0. The average molecular weight is 358 g/mol. The Morgan fingerprint density at radius 1 is 0.778 bits per heavy atom. The van der Waals surface area contributed by atoms with Gasteiger partial charge in [-0.1, -0.05) is 24.3 Å². The van der Waals surface area contributed by atoms with Gasteiger partial charge in [0, 0.05) is 41.4 Å². The lowest BCUT2D eigenvalue weighted by Crippen LogP contribution is -2.20. The van der Waals surface area contributed by atoms with Crippen LogP contribution in [0.4, 0.5) is 0 Å². The Balaban J connectivity index is 1.71. The summed E-state index contributed by atoms with van der Waals surface area (Å²) >= 11 is 0. The lowest BCUT2D eigenvalue weighted by atomic mass is 9.96. The van der Waals surface area contributed by atoms with Gasteiger partial charge in [0.1, 0.15) is 0 Å². The summed E-state index contributed by atoms with van der Waals surface area (Å²) in [6.07, 6.45) is 6.91. The van der Waals surface area contributed by atoms with Crippen LogP contribution in [0, 0.1) is 0 Å². The van der Waals surface area contributed by atoms with Gasteiger partial charge in [-0.25, -0.2) is 0 Å². The third-order valence-electron chi connectivity index (χ3n) is 6.05. The van der Waals surface area contributed by atoms with Crippen LogP contribution in [-0.2, 0) is 6.54 Å². The summed E-state index contributed by atoms with van der Waals surface area (Å²) in [5.41, 5.74) is 8.41. The maximum atomic E-state index is 3.42. The molecule has 1 aromatic heterocycles. The van der Waals surface area contributed by atoms with Crippen molar-refractivity contribution >= 4 is 33.0 Å². The van der Waals surface area contributed by atoms with E-state index < -0.39 is 0 Å². The standard InChI is InChI=1S/C24H27N3/c1-2-27-23-5-3-19(17-7-11-25-12-8-17)15-21(23)22-16-20(4-6-24(22)27)18-9-13-26-14-10-18/h3-7,9,15-16,25-26H,2,8,10-14H2,1H3. The molecule has 3 aromatic rings. The van der Waals surface area contributed by atoms with Crippen LogP contribution >= 0.6 is 0 Å². The van der Waals surface area contributed by atoms with Crippen molar-refractivity contribution in [2.24, 2.45) is 0 Å². The van der Waals surface area contributed by atoms with Crippen LogP contribution in [-0.4, -0.2) is 30.7 Å². The molecule has 0 saturated heterocycles. The second-order valence-corrected chi connectivity index (χ2v) is 7.58. The zero-order chi connectivity index (χ0) is 18.2. The molecule has 2 aromatic carbocycles. The van der Waals surface area contributed by atoms with Gasteiger partial charge >= 0.3 is 0 Å². The van der Waals surface area contributed by atoms with Crippen LogP contribution in [0.3, 0.4) is 0 Å². The summed E-state index contributed by atoms with van der Waals surface area (Å²) in [6.45, 7) is 7.36. The van der Waals surface area contributed by atoms with E-state index in [4.69, 9.17) is 0 Å². The van der Waals surface area contributed by atoms with Gasteiger partial charge in [0.2, 0.25) is 0 Å². The highest BCUT2D eigenvalue weighted by Crippen LogP contribution is 2.34. The lowest BCUT2D eigenvalue weighted by molar-refractivity contribution is 0.738. The van der Waals surface area contributed by atoms with Gasteiger partial charge in [-0.05, 0) is 79.4 Å². The van der Waals surface area contributed by atoms with Gasteiger partial charge in [0.25, 0.3) is 0 Å². The van der Waals surface area contributed by atoms with Crippen LogP contribution in [0.2, 0.25) is 0 Å². The molecule has 3 heterocycles. The Morgan fingerprint density at radius 3 is 1.70 bits per heavy atom. The molecule has 2 aliphatic rings. The van der Waals surface area contributed by atoms with Gasteiger partial charge in [-0.15, -0.1) is 0 Å². The maximum Gasteiger partial charge on any atom is 0.0491 e. The monoisotopic (exact) mass is 357 g/mol. The Kier molecular flexibility index (Phi) is 4.35. The number of aromatic nitrogens is 1. The maximum absolute atomic E-state index is 3.42. The second-order valence-electron chi connectivity index (χ2n) is 7.58. The van der Waals surface area contributed by atoms with E-state index in [0.717, 1.165) is 45.6 Å². The zero-order valence-corrected chi connectivity index (χ0v) is 16.0. The molecule has 0 amide bonds. The highest BCUT2D eigenvalue weighted by Gasteiger charge is 2.14. The summed E-state index contributed by atoms with van der Waals surface area (Å²) < 4.78 is 2.45. The smallest absolute Gasteiger partial charge is 0.0491 e. The zero-order valence-electron chi connectivity index (χ0n) is 16.0. The van der Waals surface area contributed by atoms with Crippen LogP contribution in [0.25, 0.3) is 33.0 Å². The van der Waals surface area contributed by atoms with Crippen LogP contribution in [0.5, 0.6) is 0 Å². The van der Waals surface area contributed by atoms with Crippen molar-refractivity contribution in [3.05, 3.63) is 59.7 Å². The summed E-state index contributed by atoms with van der Waals surface area (Å²) in [5, 5.41) is 9.61. The van der Waals surface area contributed by atoms with E-state index in [-0.39, 0.29) is 0 Å². The molecule has 0 spiro atoms. The third kappa shape index (κ3) is 2.91. The molecule has 0 radical (unpaired) electrons. The van der Waals surface area contributed by atoms with E-state index >= 15 is 0 Å². The predicted molar refractivity (Wildman–Crippen MR) is 116 cm³/mol. The molecule has 5 rings (SSSR count). The van der Waals surface area contributed by atoms with Crippen molar-refractivity contribution in [3.8, 4) is 0 Å². The SMILES string of the molecule is CCn1c2ccc(C3=CCNCC3)cc2c2cc(C3=CCNCC3)ccc21. The first kappa shape index (κ1) is 16.8. The lowest BCUT2D eigenvalue weighted by Gasteiger charge is -2.15. The first-order valence-electron chi connectivity index (χ1n) is 10.2. The molecule has 0 bridgehead atoms. The van der Waals surface area contributed by atoms with Crippen molar-refractivity contribution in [1.82, 2.24) is 15.2 Å². The van der Waals surface area contributed by atoms with Crippen molar-refractivity contribution in [3.63, 3.8) is 0 Å². The summed E-state index contributed by atoms with van der Waals surface area (Å²) in [4.78, 5) is 0. The van der Waals surface area contributed by atoms with E-state index in [1.807, 2.05) is 0 Å². The van der Waals surface area contributed by atoms with Crippen molar-refractivity contribution < 1.29 is 0 Å². The van der Waals surface area contributed by atoms with E-state index in [0.29, 0.717) is 0 Å². The topological polar surface area (TPSA) is 29.0 Å². The molecular weight excluding hydrogens is 330 g/mol. The number of rotatable bonds is 3. The minimum Gasteiger partial charge on any atom is -0.341 e. The highest BCUT2D eigenvalue weighted by molar-refractivity contribution is 6.09. The summed E-state index contributed by atoms with van der Waals surface area (Å²) in [7, 11) is 0. The van der Waals surface area contributed by atoms with Crippen LogP contribution < -0.4 is 10.6 Å². The van der Waals surface area contributed by atoms with E-state index in [1.165, 1.54) is 44.1 Å². The second kappa shape index (κ2) is 6.99. The molecule has 27 heavy (non-hydrogen) atoms. The molecule has 2 N–H and O–H groups in total. The largest absolute Gasteiger partial charge is 0.341 e. The number of fused-ring (bicyclic) bond motifs is 3. The molecule has 0 atom stereocenters. The Hall–Kier alpha value is -2.36. The van der Waals surface area contributed by atoms with Crippen LogP contribution in [0.1, 0.15) is 30.9 Å². The van der Waals surface area contributed by atoms with Gasteiger partial charge in [-0.2, -0.15) is 0 Å². The first-order valence-corrected chi connectivity index (χ1v) is 10.2. The fourth-order valence-corrected chi connectivity index (χ4v) is 4.61. The molecule has 3 heteroatoms. The number of benzene rings is 2. The fourth-order valence-electron chi connectivity index (χ4n) is 4.61. The Bertz CT molecular complexity index is 985. The number of nitrogens with one attached hydrogen (secondary N) is 2. The molecule has 0 fully saturated rings. The van der Waals surface area contributed by atoms with Gasteiger partial charge in [-0.3, -0.25) is 0 Å². The molecule has 0 saturated carbocycles. The highest BCUT2D eigenvalue weighted by atomic mass is 15.0. The molecular formula is C24H27N3. The van der Waals surface area contributed by atoms with E-state index in [9.17, 15) is 0 Å². The van der Waals surface area contributed by atoms with Gasteiger partial charge in [0.05, 0.1) is 0 Å². The van der Waals surface area contributed by atoms with Crippen molar-refractivity contribution in [2.45, 2.75) is 26.3 Å². The van der Waals surface area contributed by atoms with Crippen molar-refractivity contribution in [1.29, 1.82) is 0 Å². The molecule has 2 aliphatic heterocycles. The minimum atomic E-state index is 0.983. The first-order chi connectivity index (χ1) is 13.3. The summed E-state index contributed by atoms with van der Waals surface area (Å²) in [5.74, 6) is 0. The number of hydrogen-bond donors (Lipinski definition) is 2. The van der Waals surface area contributed by atoms with E-state index in [1.54, 1.807) is 0 Å². The Labute approximate surface area is 160 Å².